The van der Waals surface area contributed by atoms with Gasteiger partial charge in [-0.25, -0.2) is 0 Å². The molecule has 0 aliphatic carbocycles. The standard InChI is InChI=1S/C16H24N6O/c1-11-16(12(2)21(4)19-11)18-15(23)10-22-7-5-6-14(22)13-8-17-20(3)9-13/h8-9,14H,5-7,10H2,1-4H3,(H,18,23). The largest absolute Gasteiger partial charge is 0.322 e. The summed E-state index contributed by atoms with van der Waals surface area (Å²) in [6.45, 7) is 5.21. The first-order valence-corrected chi connectivity index (χ1v) is 7.98. The Bertz CT molecular complexity index is 716. The molecule has 1 atom stereocenters. The molecule has 0 aromatic carbocycles. The van der Waals surface area contributed by atoms with Crippen LogP contribution in [0.25, 0.3) is 0 Å². The van der Waals surface area contributed by atoms with Crippen molar-refractivity contribution in [1.82, 2.24) is 24.5 Å². The maximum absolute atomic E-state index is 12.5. The monoisotopic (exact) mass is 316 g/mol. The molecule has 0 saturated carbocycles. The fraction of sp³-hybridized carbons (Fsp3) is 0.562. The van der Waals surface area contributed by atoms with Crippen LogP contribution < -0.4 is 5.32 Å². The van der Waals surface area contributed by atoms with E-state index in [2.05, 4.69) is 20.4 Å². The van der Waals surface area contributed by atoms with Crippen molar-refractivity contribution in [1.29, 1.82) is 0 Å². The van der Waals surface area contributed by atoms with Crippen LogP contribution in [0.4, 0.5) is 5.69 Å². The van der Waals surface area contributed by atoms with E-state index in [-0.39, 0.29) is 11.9 Å². The summed E-state index contributed by atoms with van der Waals surface area (Å²) in [7, 11) is 3.81. The lowest BCUT2D eigenvalue weighted by molar-refractivity contribution is -0.117. The second-order valence-corrected chi connectivity index (χ2v) is 6.29. The second kappa shape index (κ2) is 6.16. The second-order valence-electron chi connectivity index (χ2n) is 6.29. The van der Waals surface area contributed by atoms with Crippen LogP contribution in [0.2, 0.25) is 0 Å². The van der Waals surface area contributed by atoms with Crippen LogP contribution in [0.15, 0.2) is 12.4 Å². The quantitative estimate of drug-likeness (QED) is 0.929. The van der Waals surface area contributed by atoms with Crippen LogP contribution in [0, 0.1) is 13.8 Å². The average molecular weight is 316 g/mol. The molecule has 3 heterocycles. The fourth-order valence-corrected chi connectivity index (χ4v) is 3.32. The van der Waals surface area contributed by atoms with Gasteiger partial charge in [0.15, 0.2) is 0 Å². The van der Waals surface area contributed by atoms with Gasteiger partial charge in [0.1, 0.15) is 0 Å². The lowest BCUT2D eigenvalue weighted by Crippen LogP contribution is -2.33. The van der Waals surface area contributed by atoms with Crippen molar-refractivity contribution in [3.05, 3.63) is 29.3 Å². The summed E-state index contributed by atoms with van der Waals surface area (Å²) >= 11 is 0. The summed E-state index contributed by atoms with van der Waals surface area (Å²) in [5.74, 6) is 0.0139. The zero-order valence-corrected chi connectivity index (χ0v) is 14.2. The number of likely N-dealkylation sites (tertiary alicyclic amines) is 1. The fourth-order valence-electron chi connectivity index (χ4n) is 3.32. The molecular weight excluding hydrogens is 292 g/mol. The highest BCUT2D eigenvalue weighted by Gasteiger charge is 2.28. The van der Waals surface area contributed by atoms with Crippen molar-refractivity contribution < 1.29 is 4.79 Å². The summed E-state index contributed by atoms with van der Waals surface area (Å²) in [5.41, 5.74) is 3.84. The van der Waals surface area contributed by atoms with Crippen LogP contribution in [0.1, 0.15) is 35.8 Å². The van der Waals surface area contributed by atoms with Crippen LogP contribution in [-0.4, -0.2) is 43.5 Å². The maximum Gasteiger partial charge on any atom is 0.238 e. The molecule has 1 amide bonds. The van der Waals surface area contributed by atoms with E-state index >= 15 is 0 Å². The number of aryl methyl sites for hydroxylation is 3. The molecule has 3 rings (SSSR count). The summed E-state index contributed by atoms with van der Waals surface area (Å²) in [6.07, 6.45) is 6.12. The Morgan fingerprint density at radius 2 is 2.17 bits per heavy atom. The number of anilines is 1. The van der Waals surface area contributed by atoms with Crippen molar-refractivity contribution in [3.63, 3.8) is 0 Å². The molecule has 2 aromatic heterocycles. The molecule has 7 heteroatoms. The van der Waals surface area contributed by atoms with Gasteiger partial charge in [-0.2, -0.15) is 10.2 Å². The molecule has 1 N–H and O–H groups in total. The third-order valence-corrected chi connectivity index (χ3v) is 4.59. The van der Waals surface area contributed by atoms with E-state index in [0.29, 0.717) is 6.54 Å². The van der Waals surface area contributed by atoms with Gasteiger partial charge in [-0.05, 0) is 33.2 Å². The molecule has 2 aromatic rings. The van der Waals surface area contributed by atoms with Gasteiger partial charge in [0.05, 0.1) is 29.8 Å². The molecular formula is C16H24N6O. The number of nitrogens with zero attached hydrogens (tertiary/aromatic N) is 5. The Balaban J connectivity index is 1.67. The van der Waals surface area contributed by atoms with Gasteiger partial charge in [-0.1, -0.05) is 0 Å². The minimum atomic E-state index is 0.0139. The Kier molecular flexibility index (Phi) is 4.21. The molecule has 1 unspecified atom stereocenters. The lowest BCUT2D eigenvalue weighted by Gasteiger charge is -2.22. The van der Waals surface area contributed by atoms with Crippen molar-refractivity contribution >= 4 is 11.6 Å². The third kappa shape index (κ3) is 3.14. The van der Waals surface area contributed by atoms with Crippen molar-refractivity contribution in [2.24, 2.45) is 14.1 Å². The molecule has 23 heavy (non-hydrogen) atoms. The number of hydrogen-bond donors (Lipinski definition) is 1. The number of carbonyl (C=O) groups is 1. The van der Waals surface area contributed by atoms with Gasteiger partial charge in [0, 0.05) is 31.9 Å². The first kappa shape index (κ1) is 15.7. The van der Waals surface area contributed by atoms with Gasteiger partial charge in [0.2, 0.25) is 5.91 Å². The topological polar surface area (TPSA) is 68.0 Å². The van der Waals surface area contributed by atoms with E-state index in [1.807, 2.05) is 45.0 Å². The smallest absolute Gasteiger partial charge is 0.238 e. The molecule has 0 radical (unpaired) electrons. The molecule has 1 saturated heterocycles. The number of rotatable bonds is 4. The Labute approximate surface area is 136 Å². The SMILES string of the molecule is Cc1nn(C)c(C)c1NC(=O)CN1CCCC1c1cnn(C)c1. The van der Waals surface area contributed by atoms with E-state index in [9.17, 15) is 4.79 Å². The lowest BCUT2D eigenvalue weighted by atomic mass is 10.1. The minimum Gasteiger partial charge on any atom is -0.322 e. The van der Waals surface area contributed by atoms with Crippen LogP contribution in [0.5, 0.6) is 0 Å². The maximum atomic E-state index is 12.5. The highest BCUT2D eigenvalue weighted by molar-refractivity contribution is 5.93. The van der Waals surface area contributed by atoms with Gasteiger partial charge < -0.3 is 5.32 Å². The predicted octanol–water partition coefficient (Wildman–Crippen LogP) is 1.55. The van der Waals surface area contributed by atoms with Gasteiger partial charge >= 0.3 is 0 Å². The molecule has 0 spiro atoms. The number of nitrogens with one attached hydrogen (secondary N) is 1. The normalized spacial score (nSPS) is 18.5. The molecule has 1 fully saturated rings. The minimum absolute atomic E-state index is 0.0139. The van der Waals surface area contributed by atoms with Crippen molar-refractivity contribution in [3.8, 4) is 0 Å². The van der Waals surface area contributed by atoms with E-state index in [4.69, 9.17) is 0 Å². The highest BCUT2D eigenvalue weighted by Crippen LogP contribution is 2.31. The molecule has 1 aliphatic heterocycles. The summed E-state index contributed by atoms with van der Waals surface area (Å²) in [6, 6.07) is 0.283. The first-order valence-electron chi connectivity index (χ1n) is 7.98. The zero-order chi connectivity index (χ0) is 16.6. The van der Waals surface area contributed by atoms with Gasteiger partial charge in [-0.3, -0.25) is 19.1 Å². The molecule has 0 bridgehead atoms. The van der Waals surface area contributed by atoms with Crippen LogP contribution in [-0.2, 0) is 18.9 Å². The predicted molar refractivity (Wildman–Crippen MR) is 88.1 cm³/mol. The molecule has 1 aliphatic rings. The van der Waals surface area contributed by atoms with Gasteiger partial charge in [0.25, 0.3) is 0 Å². The number of hydrogen-bond acceptors (Lipinski definition) is 4. The average Bonchev–Trinajstić information content (AvgIpc) is 3.16. The van der Waals surface area contributed by atoms with Gasteiger partial charge in [-0.15, -0.1) is 0 Å². The highest BCUT2D eigenvalue weighted by atomic mass is 16.2. The number of amides is 1. The van der Waals surface area contributed by atoms with E-state index < -0.39 is 0 Å². The Hall–Kier alpha value is -2.15. The Morgan fingerprint density at radius 3 is 2.78 bits per heavy atom. The van der Waals surface area contributed by atoms with Crippen LogP contribution >= 0.6 is 0 Å². The zero-order valence-electron chi connectivity index (χ0n) is 14.2. The van der Waals surface area contributed by atoms with E-state index in [0.717, 1.165) is 36.5 Å². The first-order chi connectivity index (χ1) is 11.0. The number of aromatic nitrogens is 4. The van der Waals surface area contributed by atoms with Crippen LogP contribution in [0.3, 0.4) is 0 Å². The van der Waals surface area contributed by atoms with Crippen molar-refractivity contribution in [2.75, 3.05) is 18.4 Å². The number of carbonyl (C=O) groups excluding carboxylic acids is 1. The third-order valence-electron chi connectivity index (χ3n) is 4.59. The Morgan fingerprint density at radius 1 is 1.39 bits per heavy atom. The van der Waals surface area contributed by atoms with E-state index in [1.165, 1.54) is 5.56 Å². The summed E-state index contributed by atoms with van der Waals surface area (Å²) in [4.78, 5) is 14.7. The molecule has 124 valence electrons. The summed E-state index contributed by atoms with van der Waals surface area (Å²) in [5, 5.41) is 11.6. The van der Waals surface area contributed by atoms with Crippen molar-refractivity contribution in [2.45, 2.75) is 32.7 Å². The van der Waals surface area contributed by atoms with E-state index in [1.54, 1.807) is 4.68 Å². The summed E-state index contributed by atoms with van der Waals surface area (Å²) < 4.78 is 3.60. The molecule has 7 nitrogen and oxygen atoms in total.